The second-order valence-electron chi connectivity index (χ2n) is 2.81. The van der Waals surface area contributed by atoms with Crippen molar-refractivity contribution < 1.29 is 9.53 Å². The molecule has 1 heterocycles. The van der Waals surface area contributed by atoms with Crippen LogP contribution in [0, 0.1) is 5.92 Å². The zero-order chi connectivity index (χ0) is 9.84. The van der Waals surface area contributed by atoms with Crippen LogP contribution < -0.4 is 10.1 Å². The molecule has 0 spiro atoms. The monoisotopic (exact) mass is 184 g/mol. The quantitative estimate of drug-likeness (QED) is 0.712. The predicted molar refractivity (Wildman–Crippen MR) is 46.4 cm³/mol. The molecule has 1 rings (SSSR count). The molecule has 72 valence electrons. The Kier molecular flexibility index (Phi) is 2.84. The molecule has 0 radical (unpaired) electrons. The summed E-state index contributed by atoms with van der Waals surface area (Å²) < 4.78 is 4.73. The van der Waals surface area contributed by atoms with Gasteiger partial charge >= 0.3 is 6.01 Å². The van der Waals surface area contributed by atoms with E-state index in [9.17, 15) is 4.79 Å². The fraction of sp³-hybridized carbons (Fsp3) is 0.571. The van der Waals surface area contributed by atoms with Crippen molar-refractivity contribution in [3.63, 3.8) is 0 Å². The predicted octanol–water partition coefficient (Wildman–Crippen LogP) is 0.408. The molecule has 2 N–H and O–H groups in total. The Bertz CT molecular complexity index is 294. The first kappa shape index (κ1) is 9.50. The lowest BCUT2D eigenvalue weighted by Gasteiger charge is -2.02. The van der Waals surface area contributed by atoms with E-state index < -0.39 is 0 Å². The Labute approximate surface area is 75.7 Å². The van der Waals surface area contributed by atoms with Gasteiger partial charge in [0.1, 0.15) is 0 Å². The van der Waals surface area contributed by atoms with Crippen molar-refractivity contribution in [3.8, 4) is 6.01 Å². The number of amides is 1. The molecular formula is C7H12N4O2. The molecule has 0 atom stereocenters. The number of hydrogen-bond acceptors (Lipinski definition) is 4. The molecule has 0 aliphatic heterocycles. The van der Waals surface area contributed by atoms with Crippen LogP contribution in [0.1, 0.15) is 13.8 Å². The number of nitrogens with zero attached hydrogens (tertiary/aromatic N) is 2. The number of carbonyl (C=O) groups excluding carboxylic acids is 1. The van der Waals surface area contributed by atoms with Crippen LogP contribution in [0.15, 0.2) is 0 Å². The van der Waals surface area contributed by atoms with Gasteiger partial charge in [0.05, 0.1) is 7.11 Å². The number of aromatic nitrogens is 3. The van der Waals surface area contributed by atoms with Crippen LogP contribution in [0.5, 0.6) is 6.01 Å². The van der Waals surface area contributed by atoms with Crippen molar-refractivity contribution in [2.45, 2.75) is 13.8 Å². The summed E-state index contributed by atoms with van der Waals surface area (Å²) in [4.78, 5) is 15.0. The van der Waals surface area contributed by atoms with E-state index in [-0.39, 0.29) is 17.8 Å². The van der Waals surface area contributed by atoms with Crippen LogP contribution in [0.3, 0.4) is 0 Å². The molecule has 1 aromatic rings. The minimum absolute atomic E-state index is 0.0869. The van der Waals surface area contributed by atoms with E-state index in [1.807, 2.05) is 0 Å². The van der Waals surface area contributed by atoms with Crippen LogP contribution >= 0.6 is 0 Å². The maximum absolute atomic E-state index is 11.2. The molecule has 1 aromatic heterocycles. The standard InChI is InChI=1S/C7H12N4O2/c1-4(2)5(12)8-6-9-7(13-3)11-10-6/h4H,1-3H3,(H2,8,9,10,11,12). The normalized spacial score (nSPS) is 10.2. The number of hydrogen-bond donors (Lipinski definition) is 2. The third kappa shape index (κ3) is 2.43. The summed E-state index contributed by atoms with van der Waals surface area (Å²) in [6.07, 6.45) is 0. The van der Waals surface area contributed by atoms with Gasteiger partial charge in [-0.15, -0.1) is 5.10 Å². The lowest BCUT2D eigenvalue weighted by atomic mass is 10.2. The Morgan fingerprint density at radius 3 is 2.77 bits per heavy atom. The Morgan fingerprint density at radius 2 is 2.31 bits per heavy atom. The first-order chi connectivity index (χ1) is 6.13. The average Bonchev–Trinajstić information content (AvgIpc) is 2.52. The first-order valence-corrected chi connectivity index (χ1v) is 3.90. The smallest absolute Gasteiger partial charge is 0.336 e. The molecule has 13 heavy (non-hydrogen) atoms. The molecule has 0 aromatic carbocycles. The summed E-state index contributed by atoms with van der Waals surface area (Å²) in [6.45, 7) is 3.59. The van der Waals surface area contributed by atoms with Crippen molar-refractivity contribution in [1.29, 1.82) is 0 Å². The number of H-pyrrole nitrogens is 1. The molecule has 0 aliphatic carbocycles. The molecule has 0 fully saturated rings. The second-order valence-corrected chi connectivity index (χ2v) is 2.81. The van der Waals surface area contributed by atoms with Crippen LogP contribution in [-0.2, 0) is 4.79 Å². The van der Waals surface area contributed by atoms with Gasteiger partial charge in [0.25, 0.3) is 0 Å². The van der Waals surface area contributed by atoms with Crippen LogP contribution in [0.2, 0.25) is 0 Å². The lowest BCUT2D eigenvalue weighted by molar-refractivity contribution is -0.118. The van der Waals surface area contributed by atoms with Gasteiger partial charge in [-0.1, -0.05) is 13.8 Å². The Morgan fingerprint density at radius 1 is 1.62 bits per heavy atom. The molecule has 0 aliphatic rings. The topological polar surface area (TPSA) is 79.9 Å². The van der Waals surface area contributed by atoms with Crippen molar-refractivity contribution in [2.75, 3.05) is 12.4 Å². The van der Waals surface area contributed by atoms with Gasteiger partial charge in [-0.25, -0.2) is 5.10 Å². The van der Waals surface area contributed by atoms with Crippen molar-refractivity contribution >= 4 is 11.9 Å². The third-order valence-electron chi connectivity index (χ3n) is 1.41. The number of rotatable bonds is 3. The minimum atomic E-state index is -0.112. The van der Waals surface area contributed by atoms with Crippen molar-refractivity contribution in [2.24, 2.45) is 5.92 Å². The summed E-state index contributed by atoms with van der Waals surface area (Å²) in [5.74, 6) is 0.102. The number of methoxy groups -OCH3 is 1. The molecular weight excluding hydrogens is 172 g/mol. The number of nitrogens with one attached hydrogen (secondary N) is 2. The van der Waals surface area contributed by atoms with E-state index >= 15 is 0 Å². The van der Waals surface area contributed by atoms with Gasteiger partial charge in [0.15, 0.2) is 0 Å². The van der Waals surface area contributed by atoms with Gasteiger partial charge < -0.3 is 4.74 Å². The van der Waals surface area contributed by atoms with Crippen LogP contribution in [0.25, 0.3) is 0 Å². The summed E-state index contributed by atoms with van der Waals surface area (Å²) >= 11 is 0. The fourth-order valence-corrected chi connectivity index (χ4v) is 0.655. The van der Waals surface area contributed by atoms with E-state index in [1.165, 1.54) is 7.11 Å². The van der Waals surface area contributed by atoms with Gasteiger partial charge in [-0.2, -0.15) is 4.98 Å². The van der Waals surface area contributed by atoms with Crippen molar-refractivity contribution in [1.82, 2.24) is 15.2 Å². The maximum atomic E-state index is 11.2. The van der Waals surface area contributed by atoms with E-state index in [2.05, 4.69) is 20.5 Å². The molecule has 0 bridgehead atoms. The van der Waals surface area contributed by atoms with Gasteiger partial charge in [0, 0.05) is 5.92 Å². The SMILES string of the molecule is COc1n[nH]c(NC(=O)C(C)C)n1. The molecule has 0 saturated heterocycles. The molecule has 6 heteroatoms. The van der Waals surface area contributed by atoms with Crippen LogP contribution in [-0.4, -0.2) is 28.2 Å². The highest BCUT2D eigenvalue weighted by Crippen LogP contribution is 2.05. The number of ether oxygens (including phenoxy) is 1. The Hall–Kier alpha value is -1.59. The zero-order valence-corrected chi connectivity index (χ0v) is 7.79. The molecule has 0 saturated carbocycles. The summed E-state index contributed by atoms with van der Waals surface area (Å²) in [5, 5.41) is 8.75. The van der Waals surface area contributed by atoms with E-state index in [1.54, 1.807) is 13.8 Å². The van der Waals surface area contributed by atoms with E-state index in [0.29, 0.717) is 5.95 Å². The van der Waals surface area contributed by atoms with Crippen LogP contribution in [0.4, 0.5) is 5.95 Å². The summed E-state index contributed by atoms with van der Waals surface area (Å²) in [5.41, 5.74) is 0. The van der Waals surface area contributed by atoms with E-state index in [0.717, 1.165) is 0 Å². The highest BCUT2D eigenvalue weighted by atomic mass is 16.5. The number of anilines is 1. The second kappa shape index (κ2) is 3.88. The first-order valence-electron chi connectivity index (χ1n) is 3.90. The maximum Gasteiger partial charge on any atom is 0.336 e. The molecule has 0 unspecified atom stereocenters. The van der Waals surface area contributed by atoms with Gasteiger partial charge in [-0.3, -0.25) is 10.1 Å². The largest absolute Gasteiger partial charge is 0.466 e. The average molecular weight is 184 g/mol. The fourth-order valence-electron chi connectivity index (χ4n) is 0.655. The Balaban J connectivity index is 2.59. The van der Waals surface area contributed by atoms with Gasteiger partial charge in [0.2, 0.25) is 11.9 Å². The zero-order valence-electron chi connectivity index (χ0n) is 7.79. The van der Waals surface area contributed by atoms with E-state index in [4.69, 9.17) is 4.74 Å². The molecule has 1 amide bonds. The number of aromatic amines is 1. The summed E-state index contributed by atoms with van der Waals surface area (Å²) in [7, 11) is 1.46. The number of carbonyl (C=O) groups is 1. The third-order valence-corrected chi connectivity index (χ3v) is 1.41. The highest BCUT2D eigenvalue weighted by Gasteiger charge is 2.09. The highest BCUT2D eigenvalue weighted by molar-refractivity contribution is 5.90. The summed E-state index contributed by atoms with van der Waals surface area (Å²) in [6, 6.07) is 0.207. The lowest BCUT2D eigenvalue weighted by Crippen LogP contribution is -2.18. The van der Waals surface area contributed by atoms with Crippen molar-refractivity contribution in [3.05, 3.63) is 0 Å². The minimum Gasteiger partial charge on any atom is -0.466 e. The molecule has 6 nitrogen and oxygen atoms in total. The van der Waals surface area contributed by atoms with Gasteiger partial charge in [-0.05, 0) is 0 Å².